The van der Waals surface area contributed by atoms with E-state index in [4.69, 9.17) is 9.31 Å². The smallest absolute Gasteiger partial charge is 0.399 e. The minimum Gasteiger partial charge on any atom is -0.399 e. The van der Waals surface area contributed by atoms with E-state index in [9.17, 15) is 0 Å². The summed E-state index contributed by atoms with van der Waals surface area (Å²) in [7, 11) is 3.61. The van der Waals surface area contributed by atoms with Crippen molar-refractivity contribution in [3.8, 4) is 0 Å². The topological polar surface area (TPSA) is 21.7 Å². The summed E-state index contributed by atoms with van der Waals surface area (Å²) in [5, 5.41) is 0. The van der Waals surface area contributed by atoms with Crippen molar-refractivity contribution in [1.82, 2.24) is 4.90 Å². The molecule has 22 heavy (non-hydrogen) atoms. The molecule has 1 rings (SSSR count). The molecule has 0 N–H and O–H groups in total. The van der Waals surface area contributed by atoms with Crippen LogP contribution in [0, 0.1) is 0 Å². The van der Waals surface area contributed by atoms with E-state index in [1.165, 1.54) is 0 Å². The first kappa shape index (κ1) is 23.3. The molecular weight excluding hydrogens is 273 g/mol. The van der Waals surface area contributed by atoms with Crippen molar-refractivity contribution >= 4 is 7.12 Å². The van der Waals surface area contributed by atoms with Crippen LogP contribution in [-0.2, 0) is 9.31 Å². The van der Waals surface area contributed by atoms with Crippen molar-refractivity contribution in [2.24, 2.45) is 0 Å². The number of hydrogen-bond acceptors (Lipinski definition) is 3. The molecule has 1 saturated heterocycles. The minimum atomic E-state index is -0.348. The Morgan fingerprint density at radius 1 is 0.955 bits per heavy atom. The molecule has 0 aromatic rings. The molecule has 0 saturated carbocycles. The largest absolute Gasteiger partial charge is 0.494 e. The monoisotopic (exact) mass is 309 g/mol. The fourth-order valence-electron chi connectivity index (χ4n) is 1.55. The number of rotatable bonds is 4. The van der Waals surface area contributed by atoms with Gasteiger partial charge in [-0.1, -0.05) is 46.4 Å². The summed E-state index contributed by atoms with van der Waals surface area (Å²) in [5.41, 5.74) is 0.308. The van der Waals surface area contributed by atoms with Gasteiger partial charge in [0.1, 0.15) is 0 Å². The second-order valence-electron chi connectivity index (χ2n) is 5.76. The molecule has 0 atom stereocenters. The molecule has 0 aromatic heterocycles. The zero-order valence-corrected chi connectivity index (χ0v) is 16.4. The Morgan fingerprint density at radius 3 is 1.68 bits per heavy atom. The molecule has 0 amide bonds. The van der Waals surface area contributed by atoms with Crippen LogP contribution in [-0.4, -0.2) is 37.3 Å². The van der Waals surface area contributed by atoms with Gasteiger partial charge >= 0.3 is 7.12 Å². The third kappa shape index (κ3) is 6.84. The first-order valence-electron chi connectivity index (χ1n) is 8.22. The molecule has 0 bridgehead atoms. The normalized spacial score (nSPS) is 19.0. The van der Waals surface area contributed by atoms with Gasteiger partial charge in [-0.3, -0.25) is 0 Å². The third-order valence-corrected chi connectivity index (χ3v) is 3.43. The zero-order chi connectivity index (χ0) is 18.0. The molecule has 0 aromatic carbocycles. The van der Waals surface area contributed by atoms with Crippen molar-refractivity contribution in [1.29, 1.82) is 0 Å². The van der Waals surface area contributed by atoms with Gasteiger partial charge in [-0.2, -0.15) is 0 Å². The first-order valence-corrected chi connectivity index (χ1v) is 8.22. The van der Waals surface area contributed by atoms with Gasteiger partial charge < -0.3 is 14.2 Å². The first-order chi connectivity index (χ1) is 10.2. The molecule has 3 nitrogen and oxygen atoms in total. The molecule has 0 aliphatic carbocycles. The average molecular weight is 309 g/mol. The van der Waals surface area contributed by atoms with Crippen molar-refractivity contribution < 1.29 is 9.31 Å². The summed E-state index contributed by atoms with van der Waals surface area (Å²) >= 11 is 0. The maximum atomic E-state index is 5.97. The highest BCUT2D eigenvalue weighted by molar-refractivity contribution is 6.55. The maximum absolute atomic E-state index is 5.97. The van der Waals surface area contributed by atoms with Gasteiger partial charge in [0.05, 0.1) is 11.2 Å². The second-order valence-corrected chi connectivity index (χ2v) is 5.76. The lowest BCUT2D eigenvalue weighted by Gasteiger charge is -2.32. The fourth-order valence-corrected chi connectivity index (χ4v) is 1.55. The van der Waals surface area contributed by atoms with E-state index < -0.39 is 0 Å². The summed E-state index contributed by atoms with van der Waals surface area (Å²) in [4.78, 5) is 1.97. The molecule has 1 fully saturated rings. The highest BCUT2D eigenvalue weighted by Crippen LogP contribution is 2.38. The average Bonchev–Trinajstić information content (AvgIpc) is 2.67. The van der Waals surface area contributed by atoms with Gasteiger partial charge in [0, 0.05) is 14.1 Å². The van der Waals surface area contributed by atoms with Crippen LogP contribution in [0.3, 0.4) is 0 Å². The Bertz CT molecular complexity index is 355. The van der Waals surface area contributed by atoms with Crippen LogP contribution in [0.1, 0.15) is 55.4 Å². The predicted octanol–water partition coefficient (Wildman–Crippen LogP) is 4.86. The Hall–Kier alpha value is -0.995. The van der Waals surface area contributed by atoms with E-state index in [0.717, 1.165) is 5.47 Å². The fraction of sp³-hybridized carbons (Fsp3) is 0.667. The highest BCUT2D eigenvalue weighted by atomic mass is 16.7. The van der Waals surface area contributed by atoms with Crippen molar-refractivity contribution in [2.45, 2.75) is 66.6 Å². The zero-order valence-electron chi connectivity index (χ0n) is 16.4. The van der Waals surface area contributed by atoms with Gasteiger partial charge in [-0.25, -0.2) is 0 Å². The molecule has 0 radical (unpaired) electrons. The van der Waals surface area contributed by atoms with Gasteiger partial charge in [-0.15, -0.1) is 0 Å². The van der Waals surface area contributed by atoms with Crippen LogP contribution >= 0.6 is 0 Å². The SMILES string of the molecule is C=C/C(=C\C=C/N(C)C)B1OC(C)(C)C(C)(C)O1.CC.CC. The van der Waals surface area contributed by atoms with Gasteiger partial charge in [0.25, 0.3) is 0 Å². The van der Waals surface area contributed by atoms with Crippen molar-refractivity contribution in [3.63, 3.8) is 0 Å². The summed E-state index contributed by atoms with van der Waals surface area (Å²) in [6.45, 7) is 20.0. The predicted molar refractivity (Wildman–Crippen MR) is 99.9 cm³/mol. The standard InChI is InChI=1S/C14H24BNO2.2C2H6/c1-8-12(10-9-11-16(6)7)15-17-13(2,3)14(4,5)18-15;2*1-2/h8-11H,1H2,2-7H3;2*1-2H3/b11-9-,12-10+;;. The highest BCUT2D eigenvalue weighted by Gasteiger charge is 2.51. The van der Waals surface area contributed by atoms with E-state index in [1.807, 2.05) is 92.7 Å². The Labute approximate surface area is 139 Å². The quantitative estimate of drug-likeness (QED) is 0.547. The van der Waals surface area contributed by atoms with Crippen molar-refractivity contribution in [2.75, 3.05) is 14.1 Å². The van der Waals surface area contributed by atoms with Crippen LogP contribution in [0.2, 0.25) is 0 Å². The number of hydrogen-bond donors (Lipinski definition) is 0. The minimum absolute atomic E-state index is 0.314. The van der Waals surface area contributed by atoms with E-state index >= 15 is 0 Å². The van der Waals surface area contributed by atoms with Crippen LogP contribution < -0.4 is 0 Å². The van der Waals surface area contributed by atoms with Crippen LogP contribution in [0.15, 0.2) is 36.5 Å². The Balaban J connectivity index is 0. The molecule has 1 aliphatic rings. The van der Waals surface area contributed by atoms with E-state index in [0.29, 0.717) is 0 Å². The Kier molecular flexibility index (Phi) is 11.3. The van der Waals surface area contributed by atoms with Gasteiger partial charge in [-0.05, 0) is 45.4 Å². The summed E-state index contributed by atoms with van der Waals surface area (Å²) in [6.07, 6.45) is 7.67. The van der Waals surface area contributed by atoms with Crippen molar-refractivity contribution in [3.05, 3.63) is 36.5 Å². The molecule has 1 heterocycles. The number of nitrogens with zero attached hydrogens (tertiary/aromatic N) is 1. The summed E-state index contributed by atoms with van der Waals surface area (Å²) in [6, 6.07) is 0. The lowest BCUT2D eigenvalue weighted by Crippen LogP contribution is -2.41. The Morgan fingerprint density at radius 2 is 1.36 bits per heavy atom. The lowest BCUT2D eigenvalue weighted by atomic mass is 9.78. The van der Waals surface area contributed by atoms with E-state index in [2.05, 4.69) is 6.58 Å². The van der Waals surface area contributed by atoms with E-state index in [-0.39, 0.29) is 18.3 Å². The molecule has 0 spiro atoms. The molecular formula is C18H36BNO2. The summed E-state index contributed by atoms with van der Waals surface area (Å²) in [5.74, 6) is 0. The summed E-state index contributed by atoms with van der Waals surface area (Å²) < 4.78 is 11.9. The lowest BCUT2D eigenvalue weighted by molar-refractivity contribution is 0.00578. The van der Waals surface area contributed by atoms with Crippen LogP contribution in [0.4, 0.5) is 0 Å². The van der Waals surface area contributed by atoms with E-state index in [1.54, 1.807) is 6.08 Å². The molecule has 128 valence electrons. The molecule has 4 heteroatoms. The molecule has 0 unspecified atom stereocenters. The molecule has 1 aliphatic heterocycles. The number of allylic oxidation sites excluding steroid dienone is 4. The van der Waals surface area contributed by atoms with Gasteiger partial charge in [0.15, 0.2) is 0 Å². The van der Waals surface area contributed by atoms with Crippen LogP contribution in [0.25, 0.3) is 0 Å². The second kappa shape index (κ2) is 10.7. The van der Waals surface area contributed by atoms with Crippen LogP contribution in [0.5, 0.6) is 0 Å². The third-order valence-electron chi connectivity index (χ3n) is 3.43. The maximum Gasteiger partial charge on any atom is 0.494 e. The van der Waals surface area contributed by atoms with Gasteiger partial charge in [0.2, 0.25) is 0 Å².